The molecule has 0 saturated heterocycles. The number of aryl methyl sites for hydroxylation is 1. The summed E-state index contributed by atoms with van der Waals surface area (Å²) in [5, 5.41) is 10.9. The van der Waals surface area contributed by atoms with Crippen LogP contribution in [-0.4, -0.2) is 4.92 Å². The molecule has 18 heavy (non-hydrogen) atoms. The van der Waals surface area contributed by atoms with Crippen LogP contribution in [0.3, 0.4) is 0 Å². The number of benzene rings is 2. The Labute approximate surface area is 108 Å². The summed E-state index contributed by atoms with van der Waals surface area (Å²) >= 11 is 1.06. The third kappa shape index (κ3) is 2.68. The Morgan fingerprint density at radius 3 is 2.56 bits per heavy atom. The minimum atomic E-state index is -0.448. The SMILES string of the molecule is Cc1ccc(Sc2ccccc2F)c([N+](=O)[O-])c1. The van der Waals surface area contributed by atoms with Gasteiger partial charge in [0.15, 0.2) is 0 Å². The summed E-state index contributed by atoms with van der Waals surface area (Å²) < 4.78 is 13.5. The van der Waals surface area contributed by atoms with Crippen molar-refractivity contribution < 1.29 is 9.31 Å². The zero-order valence-corrected chi connectivity index (χ0v) is 10.4. The van der Waals surface area contributed by atoms with E-state index in [9.17, 15) is 14.5 Å². The Morgan fingerprint density at radius 2 is 1.89 bits per heavy atom. The number of rotatable bonds is 3. The lowest BCUT2D eigenvalue weighted by Gasteiger charge is -2.04. The Balaban J connectivity index is 2.41. The van der Waals surface area contributed by atoms with Gasteiger partial charge in [-0.15, -0.1) is 0 Å². The summed E-state index contributed by atoms with van der Waals surface area (Å²) in [6.07, 6.45) is 0. The highest BCUT2D eigenvalue weighted by Gasteiger charge is 2.16. The Morgan fingerprint density at radius 1 is 1.17 bits per heavy atom. The molecule has 2 rings (SSSR count). The number of halogens is 1. The lowest BCUT2D eigenvalue weighted by atomic mass is 10.2. The topological polar surface area (TPSA) is 43.1 Å². The second-order valence-corrected chi connectivity index (χ2v) is 4.84. The van der Waals surface area contributed by atoms with Crippen molar-refractivity contribution in [2.24, 2.45) is 0 Å². The van der Waals surface area contributed by atoms with Gasteiger partial charge >= 0.3 is 0 Å². The Bertz CT molecular complexity index is 601. The first-order valence-corrected chi connectivity index (χ1v) is 6.07. The second kappa shape index (κ2) is 5.18. The molecular weight excluding hydrogens is 253 g/mol. The van der Waals surface area contributed by atoms with E-state index < -0.39 is 4.92 Å². The molecule has 0 amide bonds. The molecule has 0 aliphatic rings. The van der Waals surface area contributed by atoms with Crippen LogP contribution in [0.1, 0.15) is 5.56 Å². The number of hydrogen-bond donors (Lipinski definition) is 0. The second-order valence-electron chi connectivity index (χ2n) is 3.76. The van der Waals surface area contributed by atoms with E-state index in [1.165, 1.54) is 12.1 Å². The van der Waals surface area contributed by atoms with Crippen molar-refractivity contribution in [3.8, 4) is 0 Å². The molecule has 0 radical (unpaired) electrons. The van der Waals surface area contributed by atoms with Crippen molar-refractivity contribution in [2.75, 3.05) is 0 Å². The molecule has 2 aromatic carbocycles. The maximum Gasteiger partial charge on any atom is 0.283 e. The van der Waals surface area contributed by atoms with Gasteiger partial charge in [-0.2, -0.15) is 0 Å². The summed E-state index contributed by atoms with van der Waals surface area (Å²) in [5.41, 5.74) is 0.808. The molecule has 92 valence electrons. The van der Waals surface area contributed by atoms with Crippen molar-refractivity contribution in [1.82, 2.24) is 0 Å². The fourth-order valence-corrected chi connectivity index (χ4v) is 2.43. The van der Waals surface area contributed by atoms with E-state index in [2.05, 4.69) is 0 Å². The first-order chi connectivity index (χ1) is 8.58. The molecule has 2 aromatic rings. The van der Waals surface area contributed by atoms with E-state index in [1.54, 1.807) is 37.3 Å². The van der Waals surface area contributed by atoms with Gasteiger partial charge in [0.1, 0.15) is 5.82 Å². The molecule has 0 N–H and O–H groups in total. The highest BCUT2D eigenvalue weighted by molar-refractivity contribution is 7.99. The minimum absolute atomic E-state index is 0.00301. The van der Waals surface area contributed by atoms with Gasteiger partial charge in [0, 0.05) is 11.0 Å². The molecular formula is C13H10FNO2S. The molecule has 0 spiro atoms. The van der Waals surface area contributed by atoms with Gasteiger partial charge in [-0.3, -0.25) is 10.1 Å². The Hall–Kier alpha value is -1.88. The summed E-state index contributed by atoms with van der Waals surface area (Å²) in [7, 11) is 0. The van der Waals surface area contributed by atoms with Gasteiger partial charge in [-0.1, -0.05) is 30.0 Å². The lowest BCUT2D eigenvalue weighted by Crippen LogP contribution is -1.92. The van der Waals surface area contributed by atoms with E-state index in [-0.39, 0.29) is 11.5 Å². The summed E-state index contributed by atoms with van der Waals surface area (Å²) in [6.45, 7) is 1.78. The van der Waals surface area contributed by atoms with E-state index in [0.717, 1.165) is 17.3 Å². The van der Waals surface area contributed by atoms with Crippen molar-refractivity contribution in [1.29, 1.82) is 0 Å². The highest BCUT2D eigenvalue weighted by atomic mass is 32.2. The van der Waals surface area contributed by atoms with E-state index in [4.69, 9.17) is 0 Å². The fourth-order valence-electron chi connectivity index (χ4n) is 1.50. The van der Waals surface area contributed by atoms with Gasteiger partial charge in [0.05, 0.1) is 9.82 Å². The smallest absolute Gasteiger partial charge is 0.258 e. The molecule has 0 fully saturated rings. The summed E-state index contributed by atoms with van der Waals surface area (Å²) in [4.78, 5) is 11.3. The van der Waals surface area contributed by atoms with E-state index in [0.29, 0.717) is 9.79 Å². The lowest BCUT2D eigenvalue weighted by molar-refractivity contribution is -0.387. The molecule has 0 unspecified atom stereocenters. The van der Waals surface area contributed by atoms with Crippen LogP contribution in [0, 0.1) is 22.9 Å². The molecule has 0 aliphatic carbocycles. The molecule has 0 aromatic heterocycles. The molecule has 5 heteroatoms. The molecule has 0 bridgehead atoms. The van der Waals surface area contributed by atoms with Crippen LogP contribution in [0.4, 0.5) is 10.1 Å². The average molecular weight is 263 g/mol. The molecule has 0 aliphatic heterocycles. The summed E-state index contributed by atoms with van der Waals surface area (Å²) in [5.74, 6) is -0.377. The van der Waals surface area contributed by atoms with Gasteiger partial charge < -0.3 is 0 Å². The minimum Gasteiger partial charge on any atom is -0.258 e. The van der Waals surface area contributed by atoms with E-state index in [1.807, 2.05) is 0 Å². The van der Waals surface area contributed by atoms with E-state index >= 15 is 0 Å². The van der Waals surface area contributed by atoms with Crippen LogP contribution in [0.5, 0.6) is 0 Å². The van der Waals surface area contributed by atoms with Crippen molar-refractivity contribution in [2.45, 2.75) is 16.7 Å². The predicted octanol–water partition coefficient (Wildman–Crippen LogP) is 4.19. The Kier molecular flexibility index (Phi) is 3.62. The monoisotopic (exact) mass is 263 g/mol. The zero-order valence-electron chi connectivity index (χ0n) is 9.59. The molecule has 0 saturated carbocycles. The first-order valence-electron chi connectivity index (χ1n) is 5.25. The van der Waals surface area contributed by atoms with Gasteiger partial charge in [0.25, 0.3) is 5.69 Å². The van der Waals surface area contributed by atoms with Crippen LogP contribution >= 0.6 is 11.8 Å². The van der Waals surface area contributed by atoms with Gasteiger partial charge in [0.2, 0.25) is 0 Å². The van der Waals surface area contributed by atoms with Crippen LogP contribution in [0.2, 0.25) is 0 Å². The number of nitro groups is 1. The predicted molar refractivity (Wildman–Crippen MR) is 68.4 cm³/mol. The first kappa shape index (κ1) is 12.6. The zero-order chi connectivity index (χ0) is 13.1. The number of nitro benzene ring substituents is 1. The van der Waals surface area contributed by atoms with Crippen LogP contribution in [0.15, 0.2) is 52.3 Å². The molecule has 0 atom stereocenters. The summed E-state index contributed by atoms with van der Waals surface area (Å²) in [6, 6.07) is 11.1. The van der Waals surface area contributed by atoms with Crippen molar-refractivity contribution in [3.63, 3.8) is 0 Å². The normalized spacial score (nSPS) is 10.3. The van der Waals surface area contributed by atoms with Crippen LogP contribution in [-0.2, 0) is 0 Å². The average Bonchev–Trinajstić information content (AvgIpc) is 2.34. The third-order valence-corrected chi connectivity index (χ3v) is 3.48. The number of hydrogen-bond acceptors (Lipinski definition) is 3. The maximum absolute atomic E-state index is 13.5. The van der Waals surface area contributed by atoms with Crippen molar-refractivity contribution >= 4 is 17.4 Å². The van der Waals surface area contributed by atoms with Crippen LogP contribution < -0.4 is 0 Å². The fraction of sp³-hybridized carbons (Fsp3) is 0.0769. The largest absolute Gasteiger partial charge is 0.283 e. The van der Waals surface area contributed by atoms with Gasteiger partial charge in [-0.25, -0.2) is 4.39 Å². The molecule has 0 heterocycles. The number of nitrogens with zero attached hydrogens (tertiary/aromatic N) is 1. The van der Waals surface area contributed by atoms with Crippen molar-refractivity contribution in [3.05, 3.63) is 64.0 Å². The standard InChI is InChI=1S/C13H10FNO2S/c1-9-6-7-13(11(8-9)15(16)17)18-12-5-3-2-4-10(12)14/h2-8H,1H3. The van der Waals surface area contributed by atoms with Gasteiger partial charge in [-0.05, 0) is 30.7 Å². The van der Waals surface area contributed by atoms with Crippen LogP contribution in [0.25, 0.3) is 0 Å². The highest BCUT2D eigenvalue weighted by Crippen LogP contribution is 2.36. The molecule has 3 nitrogen and oxygen atoms in total. The third-order valence-electron chi connectivity index (χ3n) is 2.37. The quantitative estimate of drug-likeness (QED) is 0.616. The maximum atomic E-state index is 13.5.